The van der Waals surface area contributed by atoms with E-state index in [1.165, 1.54) is 5.56 Å². The fourth-order valence-corrected chi connectivity index (χ4v) is 5.20. The van der Waals surface area contributed by atoms with E-state index in [9.17, 15) is 13.6 Å². The first-order chi connectivity index (χ1) is 16.3. The molecule has 3 aliphatic rings. The number of halogens is 3. The molecule has 2 aromatic carbocycles. The van der Waals surface area contributed by atoms with Crippen LogP contribution in [0.4, 0.5) is 8.78 Å². The van der Waals surface area contributed by atoms with Crippen LogP contribution in [-0.2, 0) is 17.9 Å². The number of alkyl halides is 2. The molecule has 2 aromatic rings. The third-order valence-electron chi connectivity index (χ3n) is 6.91. The first kappa shape index (κ1) is 23.4. The van der Waals surface area contributed by atoms with Crippen LogP contribution in [0.25, 0.3) is 0 Å². The van der Waals surface area contributed by atoms with Gasteiger partial charge in [0.1, 0.15) is 0 Å². The van der Waals surface area contributed by atoms with Crippen molar-refractivity contribution in [1.82, 2.24) is 9.80 Å². The first-order valence-corrected chi connectivity index (χ1v) is 12.2. The topological polar surface area (TPSA) is 42.0 Å². The van der Waals surface area contributed by atoms with E-state index in [4.69, 9.17) is 21.1 Å². The summed E-state index contributed by atoms with van der Waals surface area (Å²) < 4.78 is 38.0. The lowest BCUT2D eigenvalue weighted by atomic mass is 10.1. The molecule has 5 rings (SSSR count). The van der Waals surface area contributed by atoms with Crippen LogP contribution >= 0.6 is 11.6 Å². The van der Waals surface area contributed by atoms with Crippen LogP contribution in [0, 0.1) is 11.8 Å². The third-order valence-corrected chi connectivity index (χ3v) is 7.19. The van der Waals surface area contributed by atoms with Gasteiger partial charge in [0, 0.05) is 25.7 Å². The Bertz CT molecular complexity index is 1050. The van der Waals surface area contributed by atoms with Gasteiger partial charge in [0.05, 0.1) is 10.9 Å². The molecule has 1 aliphatic carbocycles. The molecule has 0 bridgehead atoms. The molecule has 2 fully saturated rings. The molecular formula is C26H29ClF2N2O3. The van der Waals surface area contributed by atoms with E-state index >= 15 is 0 Å². The summed E-state index contributed by atoms with van der Waals surface area (Å²) in [5.41, 5.74) is 2.00. The Morgan fingerprint density at radius 2 is 1.91 bits per heavy atom. The van der Waals surface area contributed by atoms with Crippen molar-refractivity contribution < 1.29 is 23.0 Å². The minimum absolute atomic E-state index is 0.0499. The maximum Gasteiger partial charge on any atom is 0.314 e. The Morgan fingerprint density at radius 3 is 2.65 bits per heavy atom. The third kappa shape index (κ3) is 5.15. The highest BCUT2D eigenvalue weighted by Gasteiger charge is 2.43. The molecule has 182 valence electrons. The fourth-order valence-electron chi connectivity index (χ4n) is 4.91. The highest BCUT2D eigenvalue weighted by molar-refractivity contribution is 6.32. The molecule has 1 saturated heterocycles. The smallest absolute Gasteiger partial charge is 0.314 e. The summed E-state index contributed by atoms with van der Waals surface area (Å²) in [5.74, 6) is -2.20. The van der Waals surface area contributed by atoms with E-state index in [2.05, 4.69) is 24.0 Å². The van der Waals surface area contributed by atoms with Gasteiger partial charge in [-0.15, -0.1) is 0 Å². The predicted molar refractivity (Wildman–Crippen MR) is 125 cm³/mol. The zero-order chi connectivity index (χ0) is 23.9. The average molecular weight is 491 g/mol. The van der Waals surface area contributed by atoms with Crippen LogP contribution in [0.5, 0.6) is 11.5 Å². The van der Waals surface area contributed by atoms with Crippen molar-refractivity contribution in [1.29, 1.82) is 0 Å². The van der Waals surface area contributed by atoms with Gasteiger partial charge in [0.15, 0.2) is 24.7 Å². The summed E-state index contributed by atoms with van der Waals surface area (Å²) in [5, 5.41) is 0.219. The number of fused-ring (bicyclic) bond motifs is 1. The van der Waals surface area contributed by atoms with Crippen LogP contribution in [0.1, 0.15) is 30.9 Å². The number of rotatable bonds is 6. The lowest BCUT2D eigenvalue weighted by Crippen LogP contribution is -2.39. The summed E-state index contributed by atoms with van der Waals surface area (Å²) in [6.07, 6.45) is 1.80. The van der Waals surface area contributed by atoms with Gasteiger partial charge in [0.2, 0.25) is 5.91 Å². The van der Waals surface area contributed by atoms with Gasteiger partial charge in [-0.3, -0.25) is 9.69 Å². The summed E-state index contributed by atoms with van der Waals surface area (Å²) in [6.45, 7) is 3.45. The number of amides is 1. The van der Waals surface area contributed by atoms with E-state index in [1.807, 2.05) is 23.1 Å². The van der Waals surface area contributed by atoms with Crippen molar-refractivity contribution >= 4 is 17.5 Å². The lowest BCUT2D eigenvalue weighted by Gasteiger charge is -2.27. The molecular weight excluding hydrogens is 462 g/mol. The van der Waals surface area contributed by atoms with Gasteiger partial charge in [-0.25, -0.2) is 0 Å². The fraction of sp³-hybridized carbons (Fsp3) is 0.500. The Morgan fingerprint density at radius 1 is 1.18 bits per heavy atom. The van der Waals surface area contributed by atoms with E-state index in [0.29, 0.717) is 12.5 Å². The van der Waals surface area contributed by atoms with E-state index in [0.717, 1.165) is 38.0 Å². The maximum absolute atomic E-state index is 13.7. The van der Waals surface area contributed by atoms with E-state index < -0.39 is 19.1 Å². The molecule has 1 amide bonds. The molecule has 34 heavy (non-hydrogen) atoms. The van der Waals surface area contributed by atoms with Crippen LogP contribution in [0.3, 0.4) is 0 Å². The number of nitrogens with zero attached hydrogens (tertiary/aromatic N) is 2. The number of carbonyl (C=O) groups excluding carboxylic acids is 1. The molecule has 0 spiro atoms. The van der Waals surface area contributed by atoms with Crippen molar-refractivity contribution in [2.24, 2.45) is 11.8 Å². The largest absolute Gasteiger partial charge is 0.483 e. The predicted octanol–water partition coefficient (Wildman–Crippen LogP) is 5.01. The van der Waals surface area contributed by atoms with Gasteiger partial charge in [-0.2, -0.15) is 8.78 Å². The van der Waals surface area contributed by atoms with Gasteiger partial charge in [-0.05, 0) is 48.6 Å². The van der Waals surface area contributed by atoms with E-state index in [-0.39, 0.29) is 34.4 Å². The molecule has 3 unspecified atom stereocenters. The number of hydrogen-bond acceptors (Lipinski definition) is 4. The van der Waals surface area contributed by atoms with Gasteiger partial charge in [-0.1, -0.05) is 48.9 Å². The molecule has 5 nitrogen and oxygen atoms in total. The van der Waals surface area contributed by atoms with Crippen LogP contribution in [0.2, 0.25) is 5.02 Å². The monoisotopic (exact) mass is 490 g/mol. The van der Waals surface area contributed by atoms with Crippen molar-refractivity contribution in [3.63, 3.8) is 0 Å². The molecule has 8 heteroatoms. The Balaban J connectivity index is 1.29. The lowest BCUT2D eigenvalue weighted by molar-refractivity contribution is -0.136. The molecule has 0 aromatic heterocycles. The molecule has 2 heterocycles. The second kappa shape index (κ2) is 9.34. The minimum atomic E-state index is -3.08. The Kier molecular flexibility index (Phi) is 6.42. The van der Waals surface area contributed by atoms with Crippen LogP contribution < -0.4 is 9.47 Å². The van der Waals surface area contributed by atoms with Crippen molar-refractivity contribution in [2.45, 2.75) is 44.8 Å². The van der Waals surface area contributed by atoms with E-state index in [1.54, 1.807) is 12.1 Å². The minimum Gasteiger partial charge on any atom is -0.483 e. The average Bonchev–Trinajstić information content (AvgIpc) is 3.39. The Hall–Kier alpha value is -2.38. The highest BCUT2D eigenvalue weighted by atomic mass is 35.5. The van der Waals surface area contributed by atoms with Crippen molar-refractivity contribution in [3.8, 4) is 11.5 Å². The zero-order valence-corrected chi connectivity index (χ0v) is 19.9. The SMILES string of the molecule is CC1CC1N(Cc1cc(Cl)c2c(c1)OCC(F)(F)CO2)C(=O)C1CCN(Cc2ccccc2)C1. The Labute approximate surface area is 203 Å². The standard InChI is InChI=1S/C26H29ClF2N2O3/c1-17-9-22(17)31(25(32)20-7-8-30(14-20)12-18-5-3-2-4-6-18)13-19-10-21(27)24-23(11-19)33-15-26(28,29)16-34-24/h2-6,10-11,17,20,22H,7-9,12-16H2,1H3. The quantitative estimate of drug-likeness (QED) is 0.571. The number of hydrogen-bond donors (Lipinski definition) is 0. The molecule has 0 radical (unpaired) electrons. The van der Waals surface area contributed by atoms with Crippen LogP contribution in [-0.4, -0.2) is 54.0 Å². The second-order valence-corrected chi connectivity index (χ2v) is 10.2. The summed E-state index contributed by atoms with van der Waals surface area (Å²) in [4.78, 5) is 17.9. The second-order valence-electron chi connectivity index (χ2n) is 9.79. The normalized spacial score (nSPS) is 25.6. The zero-order valence-electron chi connectivity index (χ0n) is 19.2. The molecule has 1 saturated carbocycles. The van der Waals surface area contributed by atoms with Crippen molar-refractivity contribution in [3.05, 3.63) is 58.6 Å². The summed E-state index contributed by atoms with van der Waals surface area (Å²) in [6, 6.07) is 13.8. The van der Waals surface area contributed by atoms with Crippen LogP contribution in [0.15, 0.2) is 42.5 Å². The molecule has 0 N–H and O–H groups in total. The first-order valence-electron chi connectivity index (χ1n) is 11.8. The molecule has 2 aliphatic heterocycles. The van der Waals surface area contributed by atoms with Gasteiger partial charge >= 0.3 is 5.92 Å². The van der Waals surface area contributed by atoms with Gasteiger partial charge < -0.3 is 14.4 Å². The summed E-state index contributed by atoms with van der Waals surface area (Å²) >= 11 is 6.36. The number of carbonyl (C=O) groups is 1. The number of benzene rings is 2. The number of likely N-dealkylation sites (tertiary alicyclic amines) is 1. The highest BCUT2D eigenvalue weighted by Crippen LogP contribution is 2.42. The summed E-state index contributed by atoms with van der Waals surface area (Å²) in [7, 11) is 0. The molecule has 3 atom stereocenters. The maximum atomic E-state index is 13.7. The van der Waals surface area contributed by atoms with Gasteiger partial charge in [0.25, 0.3) is 0 Å². The number of ether oxygens (including phenoxy) is 2. The van der Waals surface area contributed by atoms with Crippen molar-refractivity contribution in [2.75, 3.05) is 26.3 Å².